The van der Waals surface area contributed by atoms with Crippen LogP contribution in [0.25, 0.3) is 0 Å². The van der Waals surface area contributed by atoms with Gasteiger partial charge in [0.2, 0.25) is 0 Å². The van der Waals surface area contributed by atoms with Gasteiger partial charge in [0.25, 0.3) is 0 Å². The van der Waals surface area contributed by atoms with E-state index in [0.717, 1.165) is 11.1 Å². The van der Waals surface area contributed by atoms with E-state index in [2.05, 4.69) is 4.74 Å². The van der Waals surface area contributed by atoms with Crippen LogP contribution in [0, 0.1) is 0 Å². The Hall–Kier alpha value is -2.73. The highest BCUT2D eigenvalue weighted by atomic mass is 16.5. The third kappa shape index (κ3) is 5.13. The van der Waals surface area contributed by atoms with Crippen molar-refractivity contribution in [2.24, 2.45) is 5.73 Å². The van der Waals surface area contributed by atoms with Crippen molar-refractivity contribution in [2.75, 3.05) is 20.8 Å². The second-order valence-corrected chi connectivity index (χ2v) is 5.65. The quantitative estimate of drug-likeness (QED) is 0.694. The molecule has 0 spiro atoms. The molecule has 0 aliphatic carbocycles. The predicted octanol–water partition coefficient (Wildman–Crippen LogP) is 2.72. The Morgan fingerprint density at radius 3 is 2.35 bits per heavy atom. The number of nitrogens with two attached hydrogens (primary N) is 1. The lowest BCUT2D eigenvalue weighted by molar-refractivity contribution is -0.142. The highest BCUT2D eigenvalue weighted by Crippen LogP contribution is 2.29. The molecule has 6 heteroatoms. The Kier molecular flexibility index (Phi) is 7.29. The fraction of sp³-hybridized carbons (Fsp3) is 0.350. The Morgan fingerprint density at radius 1 is 1.04 bits per heavy atom. The molecule has 0 bridgehead atoms. The average molecular weight is 359 g/mol. The molecule has 0 aliphatic heterocycles. The summed E-state index contributed by atoms with van der Waals surface area (Å²) in [7, 11) is 2.93. The minimum absolute atomic E-state index is 0.300. The van der Waals surface area contributed by atoms with Gasteiger partial charge in [-0.25, -0.2) is 0 Å². The number of esters is 1. The molecule has 2 aromatic carbocycles. The molecule has 0 heterocycles. The number of ether oxygens (including phenoxy) is 4. The fourth-order valence-electron chi connectivity index (χ4n) is 2.56. The van der Waals surface area contributed by atoms with Crippen molar-refractivity contribution < 1.29 is 23.7 Å². The molecule has 26 heavy (non-hydrogen) atoms. The Balaban J connectivity index is 2.15. The number of methoxy groups -OCH3 is 2. The molecule has 140 valence electrons. The first-order valence-corrected chi connectivity index (χ1v) is 8.42. The molecule has 0 saturated heterocycles. The van der Waals surface area contributed by atoms with Crippen LogP contribution in [0.5, 0.6) is 17.2 Å². The number of para-hydroxylation sites is 2. The first kappa shape index (κ1) is 19.6. The third-order valence-electron chi connectivity index (χ3n) is 3.84. The molecule has 0 fully saturated rings. The minimum atomic E-state index is -0.708. The van der Waals surface area contributed by atoms with Gasteiger partial charge in [0.15, 0.2) is 11.5 Å². The largest absolute Gasteiger partial charge is 0.496 e. The molecular formula is C20H25NO5. The normalized spacial score (nSPS) is 11.5. The van der Waals surface area contributed by atoms with Crippen molar-refractivity contribution in [3.63, 3.8) is 0 Å². The van der Waals surface area contributed by atoms with Crippen LogP contribution < -0.4 is 19.9 Å². The van der Waals surface area contributed by atoms with E-state index in [1.165, 1.54) is 7.11 Å². The van der Waals surface area contributed by atoms with Crippen LogP contribution >= 0.6 is 0 Å². The van der Waals surface area contributed by atoms with Crippen LogP contribution in [-0.4, -0.2) is 32.8 Å². The Morgan fingerprint density at radius 2 is 1.73 bits per heavy atom. The first-order chi connectivity index (χ1) is 12.6. The maximum Gasteiger partial charge on any atom is 0.322 e. The van der Waals surface area contributed by atoms with Gasteiger partial charge in [-0.2, -0.15) is 0 Å². The van der Waals surface area contributed by atoms with Gasteiger partial charge < -0.3 is 24.7 Å². The SMILES string of the molecule is CCOc1ccccc1OCc1cc(CC(N)C(=O)OC)ccc1OC. The number of hydrogen-bond acceptors (Lipinski definition) is 6. The molecule has 0 saturated carbocycles. The van der Waals surface area contributed by atoms with Crippen LogP contribution in [0.3, 0.4) is 0 Å². The second kappa shape index (κ2) is 9.68. The Labute approximate surface area is 153 Å². The van der Waals surface area contributed by atoms with Gasteiger partial charge in [0.05, 0.1) is 20.8 Å². The molecule has 0 aliphatic rings. The molecule has 2 N–H and O–H groups in total. The summed E-state index contributed by atoms with van der Waals surface area (Å²) in [6, 6.07) is 12.4. The summed E-state index contributed by atoms with van der Waals surface area (Å²) in [5.41, 5.74) is 7.60. The second-order valence-electron chi connectivity index (χ2n) is 5.65. The van der Waals surface area contributed by atoms with Gasteiger partial charge in [-0.15, -0.1) is 0 Å². The Bertz CT molecular complexity index is 732. The van der Waals surface area contributed by atoms with E-state index in [9.17, 15) is 4.79 Å². The zero-order valence-corrected chi connectivity index (χ0v) is 15.4. The van der Waals surface area contributed by atoms with Crippen LogP contribution in [0.15, 0.2) is 42.5 Å². The van der Waals surface area contributed by atoms with E-state index in [1.54, 1.807) is 7.11 Å². The summed E-state index contributed by atoms with van der Waals surface area (Å²) >= 11 is 0. The summed E-state index contributed by atoms with van der Waals surface area (Å²) in [5.74, 6) is 1.62. The zero-order valence-electron chi connectivity index (χ0n) is 15.4. The van der Waals surface area contributed by atoms with E-state index in [0.29, 0.717) is 36.9 Å². The maximum absolute atomic E-state index is 11.5. The minimum Gasteiger partial charge on any atom is -0.496 e. The van der Waals surface area contributed by atoms with Gasteiger partial charge in [0, 0.05) is 5.56 Å². The molecular weight excluding hydrogens is 334 g/mol. The van der Waals surface area contributed by atoms with Crippen LogP contribution in [0.2, 0.25) is 0 Å². The standard InChI is InChI=1S/C20H25NO5/c1-4-25-18-7-5-6-8-19(18)26-13-15-11-14(9-10-17(15)23-2)12-16(21)20(22)24-3/h5-11,16H,4,12-13,21H2,1-3H3. The van der Waals surface area contributed by atoms with Crippen molar-refractivity contribution in [3.8, 4) is 17.2 Å². The summed E-state index contributed by atoms with van der Waals surface area (Å²) in [6.45, 7) is 2.78. The van der Waals surface area contributed by atoms with Gasteiger partial charge >= 0.3 is 5.97 Å². The smallest absolute Gasteiger partial charge is 0.322 e. The first-order valence-electron chi connectivity index (χ1n) is 8.42. The van der Waals surface area contributed by atoms with Crippen molar-refractivity contribution in [1.29, 1.82) is 0 Å². The zero-order chi connectivity index (χ0) is 18.9. The van der Waals surface area contributed by atoms with Gasteiger partial charge in [-0.05, 0) is 43.2 Å². The van der Waals surface area contributed by atoms with E-state index < -0.39 is 12.0 Å². The van der Waals surface area contributed by atoms with Gasteiger partial charge in [-0.3, -0.25) is 4.79 Å². The van der Waals surface area contributed by atoms with Crippen molar-refractivity contribution in [1.82, 2.24) is 0 Å². The van der Waals surface area contributed by atoms with Crippen LogP contribution in [0.1, 0.15) is 18.1 Å². The number of rotatable bonds is 9. The highest BCUT2D eigenvalue weighted by Gasteiger charge is 2.16. The monoisotopic (exact) mass is 359 g/mol. The molecule has 1 unspecified atom stereocenters. The van der Waals surface area contributed by atoms with E-state index in [1.807, 2.05) is 49.4 Å². The molecule has 1 atom stereocenters. The summed E-state index contributed by atoms with van der Waals surface area (Å²) in [5, 5.41) is 0. The van der Waals surface area contributed by atoms with E-state index in [-0.39, 0.29) is 0 Å². The summed E-state index contributed by atoms with van der Waals surface area (Å²) in [4.78, 5) is 11.5. The number of carbonyl (C=O) groups excluding carboxylic acids is 1. The topological polar surface area (TPSA) is 80.0 Å². The molecule has 0 radical (unpaired) electrons. The number of hydrogen-bond donors (Lipinski definition) is 1. The lowest BCUT2D eigenvalue weighted by Gasteiger charge is -2.15. The fourth-order valence-corrected chi connectivity index (χ4v) is 2.56. The predicted molar refractivity (Wildman–Crippen MR) is 98.6 cm³/mol. The lowest BCUT2D eigenvalue weighted by atomic mass is 10.0. The third-order valence-corrected chi connectivity index (χ3v) is 3.84. The lowest BCUT2D eigenvalue weighted by Crippen LogP contribution is -2.33. The maximum atomic E-state index is 11.5. The summed E-state index contributed by atoms with van der Waals surface area (Å²) in [6.07, 6.45) is 0.374. The average Bonchev–Trinajstić information content (AvgIpc) is 2.67. The van der Waals surface area contributed by atoms with Gasteiger partial charge in [0.1, 0.15) is 18.4 Å². The van der Waals surface area contributed by atoms with Crippen molar-refractivity contribution in [2.45, 2.75) is 26.0 Å². The molecule has 2 aromatic rings. The van der Waals surface area contributed by atoms with Gasteiger partial charge in [-0.1, -0.05) is 18.2 Å². The number of benzene rings is 2. The van der Waals surface area contributed by atoms with Crippen LogP contribution in [-0.2, 0) is 22.6 Å². The van der Waals surface area contributed by atoms with E-state index in [4.69, 9.17) is 19.9 Å². The number of carbonyl (C=O) groups is 1. The molecule has 6 nitrogen and oxygen atoms in total. The summed E-state index contributed by atoms with van der Waals surface area (Å²) < 4.78 is 21.6. The van der Waals surface area contributed by atoms with E-state index >= 15 is 0 Å². The molecule has 0 amide bonds. The van der Waals surface area contributed by atoms with Crippen molar-refractivity contribution in [3.05, 3.63) is 53.6 Å². The molecule has 0 aromatic heterocycles. The molecule has 2 rings (SSSR count). The van der Waals surface area contributed by atoms with Crippen molar-refractivity contribution >= 4 is 5.97 Å². The highest BCUT2D eigenvalue weighted by molar-refractivity contribution is 5.75. The van der Waals surface area contributed by atoms with Crippen LogP contribution in [0.4, 0.5) is 0 Å².